The summed E-state index contributed by atoms with van der Waals surface area (Å²) in [6, 6.07) is 15.5. The van der Waals surface area contributed by atoms with Gasteiger partial charge in [-0.25, -0.2) is 0 Å². The second-order valence-corrected chi connectivity index (χ2v) is 6.27. The van der Waals surface area contributed by atoms with E-state index >= 15 is 0 Å². The molecule has 0 fully saturated rings. The minimum Gasteiger partial charge on any atom is -0.388 e. The topological polar surface area (TPSA) is 69.0 Å². The molecule has 0 saturated carbocycles. The molecule has 0 heterocycles. The maximum atomic E-state index is 10.8. The van der Waals surface area contributed by atoms with Crippen LogP contribution in [0.1, 0.15) is 34.4 Å². The fourth-order valence-corrected chi connectivity index (χ4v) is 4.01. The van der Waals surface area contributed by atoms with Gasteiger partial charge in [0.25, 0.3) is 0 Å². The molecule has 3 aromatic carbocycles. The molecule has 1 N–H and O–H groups in total. The van der Waals surface area contributed by atoms with E-state index in [4.69, 9.17) is 5.53 Å². The van der Waals surface area contributed by atoms with Gasteiger partial charge in [0.2, 0.25) is 0 Å². The molecule has 4 nitrogen and oxygen atoms in total. The summed E-state index contributed by atoms with van der Waals surface area (Å²) in [6.07, 6.45) is -0.830. The Morgan fingerprint density at radius 2 is 1.58 bits per heavy atom. The lowest BCUT2D eigenvalue weighted by Gasteiger charge is -2.33. The molecule has 0 aliphatic heterocycles. The Labute approximate surface area is 140 Å². The first-order valence-electron chi connectivity index (χ1n) is 7.98. The van der Waals surface area contributed by atoms with Gasteiger partial charge >= 0.3 is 0 Å². The summed E-state index contributed by atoms with van der Waals surface area (Å²) in [4.78, 5) is 3.00. The molecule has 4 heteroatoms. The Hall–Kier alpha value is -2.81. The first kappa shape index (κ1) is 14.8. The van der Waals surface area contributed by atoms with Crippen molar-refractivity contribution in [2.45, 2.75) is 26.0 Å². The summed E-state index contributed by atoms with van der Waals surface area (Å²) in [5.74, 6) is 0. The van der Waals surface area contributed by atoms with E-state index in [0.717, 1.165) is 38.8 Å². The fraction of sp³-hybridized carbons (Fsp3) is 0.200. The number of hydrogen-bond donors (Lipinski definition) is 1. The molecule has 1 aliphatic rings. The van der Waals surface area contributed by atoms with Crippen molar-refractivity contribution < 1.29 is 5.11 Å². The van der Waals surface area contributed by atoms with E-state index < -0.39 is 12.1 Å². The molecule has 24 heavy (non-hydrogen) atoms. The van der Waals surface area contributed by atoms with Crippen molar-refractivity contribution in [1.82, 2.24) is 0 Å². The normalized spacial score (nSPS) is 18.6. The van der Waals surface area contributed by atoms with Crippen molar-refractivity contribution in [1.29, 1.82) is 0 Å². The van der Waals surface area contributed by atoms with Crippen molar-refractivity contribution in [3.63, 3.8) is 0 Å². The first-order valence-corrected chi connectivity index (χ1v) is 7.98. The lowest BCUT2D eigenvalue weighted by molar-refractivity contribution is 0.145. The lowest BCUT2D eigenvalue weighted by atomic mass is 9.75. The molecule has 0 saturated heterocycles. The van der Waals surface area contributed by atoms with Crippen molar-refractivity contribution in [2.75, 3.05) is 0 Å². The van der Waals surface area contributed by atoms with Gasteiger partial charge in [0.15, 0.2) is 0 Å². The van der Waals surface area contributed by atoms with Crippen LogP contribution in [0.5, 0.6) is 0 Å². The Morgan fingerprint density at radius 3 is 2.29 bits per heavy atom. The highest BCUT2D eigenvalue weighted by Gasteiger charge is 2.34. The quantitative estimate of drug-likeness (QED) is 0.358. The standard InChI is InChI=1S/C20H17N3O/c1-11-13-7-3-4-8-14(13)12(2)18-17(11)15-9-5-6-10-16(15)20(24)19(18)22-23-21/h3-10,19-20,24H,1-2H3/t19?,20-/m0/s1. The molecule has 1 aliphatic carbocycles. The molecule has 0 spiro atoms. The largest absolute Gasteiger partial charge is 0.388 e. The minimum atomic E-state index is -0.830. The van der Waals surface area contributed by atoms with Crippen LogP contribution in [0.2, 0.25) is 0 Å². The van der Waals surface area contributed by atoms with Crippen LogP contribution in [0.4, 0.5) is 0 Å². The monoisotopic (exact) mass is 315 g/mol. The molecule has 1 unspecified atom stereocenters. The molecular formula is C20H17N3O. The van der Waals surface area contributed by atoms with E-state index in [9.17, 15) is 5.11 Å². The van der Waals surface area contributed by atoms with Crippen LogP contribution in [-0.4, -0.2) is 5.11 Å². The highest BCUT2D eigenvalue weighted by molar-refractivity contribution is 5.97. The van der Waals surface area contributed by atoms with E-state index in [1.54, 1.807) is 0 Å². The maximum Gasteiger partial charge on any atom is 0.0935 e. The highest BCUT2D eigenvalue weighted by atomic mass is 16.3. The Kier molecular flexibility index (Phi) is 3.31. The number of fused-ring (bicyclic) bond motifs is 4. The summed E-state index contributed by atoms with van der Waals surface area (Å²) < 4.78 is 0. The summed E-state index contributed by atoms with van der Waals surface area (Å²) in [5.41, 5.74) is 15.1. The number of aliphatic hydroxyl groups excluding tert-OH is 1. The average Bonchev–Trinajstić information content (AvgIpc) is 2.62. The molecular weight excluding hydrogens is 298 g/mol. The van der Waals surface area contributed by atoms with Crippen LogP contribution >= 0.6 is 0 Å². The van der Waals surface area contributed by atoms with Gasteiger partial charge in [0.1, 0.15) is 0 Å². The van der Waals surface area contributed by atoms with Gasteiger partial charge in [-0.3, -0.25) is 0 Å². The van der Waals surface area contributed by atoms with Gasteiger partial charge in [-0.05, 0) is 63.5 Å². The molecule has 2 atom stereocenters. The molecule has 0 bridgehead atoms. The van der Waals surface area contributed by atoms with E-state index in [1.807, 2.05) is 43.3 Å². The minimum absolute atomic E-state index is 0.608. The van der Waals surface area contributed by atoms with Crippen LogP contribution < -0.4 is 0 Å². The third-order valence-corrected chi connectivity index (χ3v) is 5.10. The molecule has 0 radical (unpaired) electrons. The number of nitrogens with zero attached hydrogens (tertiary/aromatic N) is 3. The van der Waals surface area contributed by atoms with E-state index in [0.29, 0.717) is 0 Å². The zero-order valence-corrected chi connectivity index (χ0v) is 13.6. The second-order valence-electron chi connectivity index (χ2n) is 6.27. The van der Waals surface area contributed by atoms with Crippen molar-refractivity contribution in [2.24, 2.45) is 5.11 Å². The van der Waals surface area contributed by atoms with Gasteiger partial charge in [-0.2, -0.15) is 0 Å². The average molecular weight is 315 g/mol. The van der Waals surface area contributed by atoms with Crippen LogP contribution in [0.15, 0.2) is 53.6 Å². The Morgan fingerprint density at radius 1 is 0.958 bits per heavy atom. The molecule has 0 amide bonds. The predicted octanol–water partition coefficient (Wildman–Crippen LogP) is 5.52. The zero-order valence-electron chi connectivity index (χ0n) is 13.6. The molecule has 118 valence electrons. The van der Waals surface area contributed by atoms with Crippen LogP contribution in [0, 0.1) is 13.8 Å². The van der Waals surface area contributed by atoms with Crippen LogP contribution in [-0.2, 0) is 0 Å². The van der Waals surface area contributed by atoms with E-state index in [2.05, 4.69) is 29.1 Å². The summed E-state index contributed by atoms with van der Waals surface area (Å²) in [5, 5.41) is 17.1. The summed E-state index contributed by atoms with van der Waals surface area (Å²) in [7, 11) is 0. The molecule has 0 aromatic heterocycles. The Balaban J connectivity index is 2.22. The zero-order chi connectivity index (χ0) is 16.8. The van der Waals surface area contributed by atoms with Gasteiger partial charge in [-0.1, -0.05) is 53.6 Å². The number of benzene rings is 3. The third-order valence-electron chi connectivity index (χ3n) is 5.10. The first-order chi connectivity index (χ1) is 11.6. The molecule has 3 aromatic rings. The van der Waals surface area contributed by atoms with Crippen LogP contribution in [0.3, 0.4) is 0 Å². The molecule has 4 rings (SSSR count). The third kappa shape index (κ3) is 1.88. The van der Waals surface area contributed by atoms with Gasteiger partial charge in [-0.15, -0.1) is 0 Å². The van der Waals surface area contributed by atoms with Crippen molar-refractivity contribution in [3.8, 4) is 11.1 Å². The van der Waals surface area contributed by atoms with Gasteiger partial charge in [0.05, 0.1) is 12.1 Å². The Bertz CT molecular complexity index is 1020. The predicted molar refractivity (Wildman–Crippen MR) is 95.7 cm³/mol. The second kappa shape index (κ2) is 5.38. The number of hydrogen-bond acceptors (Lipinski definition) is 2. The fourth-order valence-electron chi connectivity index (χ4n) is 4.01. The summed E-state index contributed by atoms with van der Waals surface area (Å²) >= 11 is 0. The van der Waals surface area contributed by atoms with Gasteiger partial charge in [0, 0.05) is 4.91 Å². The van der Waals surface area contributed by atoms with Crippen molar-refractivity contribution >= 4 is 10.8 Å². The highest BCUT2D eigenvalue weighted by Crippen LogP contribution is 2.50. The lowest BCUT2D eigenvalue weighted by Crippen LogP contribution is -2.18. The van der Waals surface area contributed by atoms with E-state index in [-0.39, 0.29) is 0 Å². The SMILES string of the molecule is Cc1c2c(c(C)c3ccccc13)C(N=[N+]=[N-])[C@@H](O)c1ccccc1-2. The van der Waals surface area contributed by atoms with Crippen LogP contribution in [0.25, 0.3) is 32.3 Å². The smallest absolute Gasteiger partial charge is 0.0935 e. The number of azide groups is 1. The van der Waals surface area contributed by atoms with E-state index in [1.165, 1.54) is 5.39 Å². The van der Waals surface area contributed by atoms with Gasteiger partial charge < -0.3 is 5.11 Å². The summed E-state index contributed by atoms with van der Waals surface area (Å²) in [6.45, 7) is 4.14. The number of rotatable bonds is 1. The maximum absolute atomic E-state index is 10.8. The van der Waals surface area contributed by atoms with Crippen molar-refractivity contribution in [3.05, 3.63) is 81.2 Å². The number of aryl methyl sites for hydroxylation is 2. The number of aliphatic hydroxyl groups is 1.